The summed E-state index contributed by atoms with van der Waals surface area (Å²) >= 11 is 1.69. The molecule has 0 saturated carbocycles. The first-order valence-corrected chi connectivity index (χ1v) is 10.8. The van der Waals surface area contributed by atoms with Crippen molar-refractivity contribution in [1.82, 2.24) is 4.90 Å². The Balaban J connectivity index is 1.74. The lowest BCUT2D eigenvalue weighted by Crippen LogP contribution is -2.22. The van der Waals surface area contributed by atoms with Gasteiger partial charge in [-0.3, -0.25) is 4.90 Å². The van der Waals surface area contributed by atoms with Gasteiger partial charge in [0.1, 0.15) is 17.1 Å². The molecule has 0 aromatic carbocycles. The van der Waals surface area contributed by atoms with Crippen LogP contribution in [0.2, 0.25) is 0 Å². The van der Waals surface area contributed by atoms with Crippen LogP contribution in [0, 0.1) is 11.8 Å². The molecule has 0 aliphatic heterocycles. The summed E-state index contributed by atoms with van der Waals surface area (Å²) in [6, 6.07) is 6.10. The SMILES string of the molecule is CCN(C/C=C/C#CC(C)(C)OC)Cc1ccc(/C=C/COCc2ccsc2)o1. The summed E-state index contributed by atoms with van der Waals surface area (Å²) in [4.78, 5) is 2.29. The van der Waals surface area contributed by atoms with Gasteiger partial charge < -0.3 is 13.9 Å². The van der Waals surface area contributed by atoms with Crippen LogP contribution in [-0.2, 0) is 22.6 Å². The molecular formula is C24H31NO3S. The van der Waals surface area contributed by atoms with Gasteiger partial charge in [0.25, 0.3) is 0 Å². The van der Waals surface area contributed by atoms with Gasteiger partial charge in [0.15, 0.2) is 0 Å². The Morgan fingerprint density at radius 2 is 2.10 bits per heavy atom. The number of methoxy groups -OCH3 is 1. The number of likely N-dealkylation sites (N-methyl/N-ethyl adjacent to an activating group) is 1. The molecule has 2 aromatic rings. The van der Waals surface area contributed by atoms with Gasteiger partial charge in [-0.05, 0) is 67.1 Å². The van der Waals surface area contributed by atoms with Crippen molar-refractivity contribution in [3.8, 4) is 11.8 Å². The Morgan fingerprint density at radius 1 is 1.24 bits per heavy atom. The number of nitrogens with zero attached hydrogens (tertiary/aromatic N) is 1. The van der Waals surface area contributed by atoms with Gasteiger partial charge in [-0.15, -0.1) is 0 Å². The summed E-state index contributed by atoms with van der Waals surface area (Å²) in [5.41, 5.74) is 0.799. The van der Waals surface area contributed by atoms with Gasteiger partial charge in [-0.2, -0.15) is 11.3 Å². The average molecular weight is 414 g/mol. The van der Waals surface area contributed by atoms with Crippen molar-refractivity contribution in [3.63, 3.8) is 0 Å². The van der Waals surface area contributed by atoms with E-state index in [1.54, 1.807) is 18.4 Å². The van der Waals surface area contributed by atoms with Crippen LogP contribution < -0.4 is 0 Å². The van der Waals surface area contributed by atoms with Crippen molar-refractivity contribution in [2.24, 2.45) is 0 Å². The van der Waals surface area contributed by atoms with Gasteiger partial charge in [-0.25, -0.2) is 0 Å². The van der Waals surface area contributed by atoms with Crippen molar-refractivity contribution in [3.05, 3.63) is 64.3 Å². The zero-order chi connectivity index (χ0) is 21.0. The number of allylic oxidation sites excluding steroid dienone is 1. The number of rotatable bonds is 11. The third kappa shape index (κ3) is 9.29. The van der Waals surface area contributed by atoms with Crippen LogP contribution in [0.1, 0.15) is 37.9 Å². The summed E-state index contributed by atoms with van der Waals surface area (Å²) in [6.07, 6.45) is 7.89. The highest BCUT2D eigenvalue weighted by atomic mass is 32.1. The molecular weight excluding hydrogens is 382 g/mol. The van der Waals surface area contributed by atoms with Crippen molar-refractivity contribution >= 4 is 17.4 Å². The average Bonchev–Trinajstić information content (AvgIpc) is 3.38. The summed E-state index contributed by atoms with van der Waals surface area (Å²) in [6.45, 7) is 9.77. The van der Waals surface area contributed by atoms with Gasteiger partial charge in [0, 0.05) is 13.7 Å². The van der Waals surface area contributed by atoms with Gasteiger partial charge in [0.05, 0.1) is 19.8 Å². The Bertz CT molecular complexity index is 822. The molecule has 2 rings (SSSR count). The number of thiophene rings is 1. The smallest absolute Gasteiger partial charge is 0.126 e. The number of ether oxygens (including phenoxy) is 2. The third-order valence-corrected chi connectivity index (χ3v) is 5.03. The quantitative estimate of drug-likeness (QED) is 0.366. The minimum absolute atomic E-state index is 0.415. The van der Waals surface area contributed by atoms with Crippen LogP contribution in [0.15, 0.2) is 51.6 Å². The zero-order valence-corrected chi connectivity index (χ0v) is 18.6. The molecule has 29 heavy (non-hydrogen) atoms. The lowest BCUT2D eigenvalue weighted by Gasteiger charge is -2.16. The first-order valence-electron chi connectivity index (χ1n) is 9.81. The van der Waals surface area contributed by atoms with Crippen molar-refractivity contribution in [1.29, 1.82) is 0 Å². The Labute approximate surface area is 178 Å². The predicted octanol–water partition coefficient (Wildman–Crippen LogP) is 5.38. The topological polar surface area (TPSA) is 34.8 Å². The van der Waals surface area contributed by atoms with Crippen molar-refractivity contribution in [2.45, 2.75) is 39.5 Å². The lowest BCUT2D eigenvalue weighted by atomic mass is 10.1. The van der Waals surface area contributed by atoms with E-state index in [2.05, 4.69) is 46.6 Å². The maximum absolute atomic E-state index is 5.90. The first-order chi connectivity index (χ1) is 14.0. The van der Waals surface area contributed by atoms with Gasteiger partial charge in [-0.1, -0.05) is 30.9 Å². The molecule has 4 nitrogen and oxygen atoms in total. The molecule has 0 fully saturated rings. The van der Waals surface area contributed by atoms with Crippen LogP contribution in [0.3, 0.4) is 0 Å². The fourth-order valence-corrected chi connectivity index (χ4v) is 3.06. The maximum Gasteiger partial charge on any atom is 0.126 e. The maximum atomic E-state index is 5.90. The molecule has 0 spiro atoms. The second kappa shape index (κ2) is 12.5. The Hall–Kier alpha value is -2.10. The van der Waals surface area contributed by atoms with E-state index in [0.29, 0.717) is 13.2 Å². The molecule has 2 heterocycles. The molecule has 2 aromatic heterocycles. The van der Waals surface area contributed by atoms with E-state index in [-0.39, 0.29) is 0 Å². The molecule has 0 radical (unpaired) electrons. The van der Waals surface area contributed by atoms with E-state index >= 15 is 0 Å². The van der Waals surface area contributed by atoms with E-state index in [4.69, 9.17) is 13.9 Å². The largest absolute Gasteiger partial charge is 0.460 e. The van der Waals surface area contributed by atoms with E-state index in [9.17, 15) is 0 Å². The molecule has 0 aliphatic rings. The predicted molar refractivity (Wildman–Crippen MR) is 121 cm³/mol. The number of furan rings is 1. The molecule has 0 unspecified atom stereocenters. The standard InChI is InChI=1S/C24H31NO3S/c1-5-25(15-8-6-7-14-24(2,3)26-4)18-23-12-11-22(28-23)10-9-16-27-19-21-13-17-29-20-21/h6,8-13,17,20H,5,15-16,18-19H2,1-4H3/b8-6+,10-9+. The highest BCUT2D eigenvalue weighted by Gasteiger charge is 2.10. The summed E-state index contributed by atoms with van der Waals surface area (Å²) in [7, 11) is 1.67. The number of hydrogen-bond donors (Lipinski definition) is 0. The molecule has 0 amide bonds. The van der Waals surface area contributed by atoms with E-state index in [1.165, 1.54) is 5.56 Å². The normalized spacial score (nSPS) is 12.2. The van der Waals surface area contributed by atoms with Crippen LogP contribution in [-0.4, -0.2) is 37.3 Å². The highest BCUT2D eigenvalue weighted by molar-refractivity contribution is 7.07. The molecule has 0 aliphatic carbocycles. The molecule has 156 valence electrons. The van der Waals surface area contributed by atoms with Crippen LogP contribution in [0.4, 0.5) is 0 Å². The Kier molecular flexibility index (Phi) is 9.96. The van der Waals surface area contributed by atoms with Crippen LogP contribution >= 0.6 is 11.3 Å². The summed E-state index contributed by atoms with van der Waals surface area (Å²) in [5.74, 6) is 7.91. The number of hydrogen-bond acceptors (Lipinski definition) is 5. The molecule has 0 saturated heterocycles. The Morgan fingerprint density at radius 3 is 2.83 bits per heavy atom. The highest BCUT2D eigenvalue weighted by Crippen LogP contribution is 2.13. The van der Waals surface area contributed by atoms with E-state index in [0.717, 1.165) is 31.2 Å². The van der Waals surface area contributed by atoms with Crippen molar-refractivity contribution < 1.29 is 13.9 Å². The van der Waals surface area contributed by atoms with Crippen LogP contribution in [0.25, 0.3) is 6.08 Å². The lowest BCUT2D eigenvalue weighted by molar-refractivity contribution is 0.0742. The fourth-order valence-electron chi connectivity index (χ4n) is 2.41. The minimum atomic E-state index is -0.415. The zero-order valence-electron chi connectivity index (χ0n) is 17.8. The van der Waals surface area contributed by atoms with Crippen LogP contribution in [0.5, 0.6) is 0 Å². The van der Waals surface area contributed by atoms with E-state index < -0.39 is 5.60 Å². The molecule has 0 N–H and O–H groups in total. The fraction of sp³-hybridized carbons (Fsp3) is 0.417. The summed E-state index contributed by atoms with van der Waals surface area (Å²) < 4.78 is 16.8. The monoisotopic (exact) mass is 413 g/mol. The van der Waals surface area contributed by atoms with Crippen molar-refractivity contribution in [2.75, 3.05) is 26.8 Å². The minimum Gasteiger partial charge on any atom is -0.460 e. The van der Waals surface area contributed by atoms with Gasteiger partial charge >= 0.3 is 0 Å². The second-order valence-corrected chi connectivity index (χ2v) is 7.85. The molecule has 0 bridgehead atoms. The van der Waals surface area contributed by atoms with E-state index in [1.807, 2.05) is 44.2 Å². The first kappa shape index (κ1) is 23.2. The summed E-state index contributed by atoms with van der Waals surface area (Å²) in [5, 5.41) is 4.16. The third-order valence-electron chi connectivity index (χ3n) is 4.30. The second-order valence-electron chi connectivity index (χ2n) is 7.07. The van der Waals surface area contributed by atoms with Gasteiger partial charge in [0.2, 0.25) is 0 Å². The molecule has 0 atom stereocenters. The molecule has 5 heteroatoms.